The zero-order valence-electron chi connectivity index (χ0n) is 26.3. The highest BCUT2D eigenvalue weighted by atomic mass is 32.2. The van der Waals surface area contributed by atoms with Crippen molar-refractivity contribution in [1.29, 1.82) is 0 Å². The standard InChI is InChI=1S/C32H47N5O6S/c1-21(2)29(37-30(38)22(3)33-4)32(40)36-28(31(39)35-27-15-10-12-23-11-6-7-13-26(23)27)14-8-9-20-34-44(41,42)25-18-16-24(43-5)17-19-25/h6-7,11,13,16-19,21-22,27-29,33-34H,8-10,12,14-15,20H2,1-5H3,(H,35,39)(H,36,40)(H,37,38). The van der Waals surface area contributed by atoms with E-state index in [4.69, 9.17) is 4.74 Å². The molecule has 0 fully saturated rings. The van der Waals surface area contributed by atoms with Crippen LogP contribution in [-0.2, 0) is 30.8 Å². The number of rotatable bonds is 16. The summed E-state index contributed by atoms with van der Waals surface area (Å²) in [5, 5.41) is 11.7. The predicted molar refractivity (Wildman–Crippen MR) is 170 cm³/mol. The molecule has 0 radical (unpaired) electrons. The summed E-state index contributed by atoms with van der Waals surface area (Å²) in [6, 6.07) is 11.8. The van der Waals surface area contributed by atoms with Gasteiger partial charge in [0.1, 0.15) is 17.8 Å². The molecule has 242 valence electrons. The number of hydrogen-bond acceptors (Lipinski definition) is 7. The number of nitrogens with one attached hydrogen (secondary N) is 5. The third kappa shape index (κ3) is 9.76. The topological polar surface area (TPSA) is 155 Å². The Balaban J connectivity index is 1.67. The Bertz CT molecular complexity index is 1370. The largest absolute Gasteiger partial charge is 0.497 e. The fraction of sp³-hybridized carbons (Fsp3) is 0.531. The normalized spacial score (nSPS) is 16.7. The fourth-order valence-electron chi connectivity index (χ4n) is 5.17. The number of amides is 3. The molecule has 0 saturated carbocycles. The van der Waals surface area contributed by atoms with Gasteiger partial charge in [0.05, 0.1) is 24.1 Å². The number of carbonyl (C=O) groups excluding carboxylic acids is 3. The molecule has 2 aromatic rings. The number of ether oxygens (including phenoxy) is 1. The first kappa shape index (κ1) is 35.0. The quantitative estimate of drug-likeness (QED) is 0.179. The summed E-state index contributed by atoms with van der Waals surface area (Å²) in [6.45, 7) is 5.53. The van der Waals surface area contributed by atoms with E-state index in [0.717, 1.165) is 24.8 Å². The van der Waals surface area contributed by atoms with Crippen molar-refractivity contribution < 1.29 is 27.5 Å². The van der Waals surface area contributed by atoms with Gasteiger partial charge < -0.3 is 26.0 Å². The molecule has 4 unspecified atom stereocenters. The third-order valence-corrected chi connectivity index (χ3v) is 9.45. The second-order valence-electron chi connectivity index (χ2n) is 11.5. The lowest BCUT2D eigenvalue weighted by Crippen LogP contribution is -2.57. The number of benzene rings is 2. The molecular weight excluding hydrogens is 582 g/mol. The Morgan fingerprint density at radius 1 is 0.932 bits per heavy atom. The Kier molecular flexibility index (Phi) is 13.2. The summed E-state index contributed by atoms with van der Waals surface area (Å²) >= 11 is 0. The summed E-state index contributed by atoms with van der Waals surface area (Å²) in [7, 11) is -0.539. The van der Waals surface area contributed by atoms with Crippen LogP contribution < -0.4 is 30.7 Å². The van der Waals surface area contributed by atoms with Gasteiger partial charge in [0.15, 0.2) is 0 Å². The minimum absolute atomic E-state index is 0.130. The maximum atomic E-state index is 13.6. The molecule has 0 saturated heterocycles. The van der Waals surface area contributed by atoms with Gasteiger partial charge in [-0.25, -0.2) is 13.1 Å². The van der Waals surface area contributed by atoms with Crippen molar-refractivity contribution in [2.75, 3.05) is 20.7 Å². The number of sulfonamides is 1. The average Bonchev–Trinajstić information content (AvgIpc) is 3.02. The molecule has 4 atom stereocenters. The monoisotopic (exact) mass is 629 g/mol. The average molecular weight is 630 g/mol. The molecule has 0 aromatic heterocycles. The van der Waals surface area contributed by atoms with E-state index < -0.39 is 34.1 Å². The van der Waals surface area contributed by atoms with Crippen LogP contribution in [0.4, 0.5) is 0 Å². The van der Waals surface area contributed by atoms with E-state index in [1.54, 1.807) is 26.1 Å². The number of aryl methyl sites for hydroxylation is 1. The van der Waals surface area contributed by atoms with Crippen molar-refractivity contribution in [2.45, 2.75) is 88.4 Å². The van der Waals surface area contributed by atoms with Crippen LogP contribution >= 0.6 is 0 Å². The van der Waals surface area contributed by atoms with Crippen LogP contribution in [0, 0.1) is 5.92 Å². The van der Waals surface area contributed by atoms with Crippen molar-refractivity contribution in [3.63, 3.8) is 0 Å². The molecule has 0 spiro atoms. The summed E-state index contributed by atoms with van der Waals surface area (Å²) in [5.41, 5.74) is 2.29. The van der Waals surface area contributed by atoms with E-state index in [-0.39, 0.29) is 35.2 Å². The van der Waals surface area contributed by atoms with Crippen molar-refractivity contribution in [2.24, 2.45) is 5.92 Å². The molecule has 1 aliphatic rings. The van der Waals surface area contributed by atoms with Gasteiger partial charge in [0.25, 0.3) is 0 Å². The van der Waals surface area contributed by atoms with Gasteiger partial charge in [-0.3, -0.25) is 14.4 Å². The van der Waals surface area contributed by atoms with Crippen LogP contribution in [0.2, 0.25) is 0 Å². The van der Waals surface area contributed by atoms with Crippen LogP contribution in [0.25, 0.3) is 0 Å². The molecule has 2 aromatic carbocycles. The SMILES string of the molecule is CNC(C)C(=O)NC(C(=O)NC(CCCCNS(=O)(=O)c1ccc(OC)cc1)C(=O)NC1CCCc2ccccc21)C(C)C. The highest BCUT2D eigenvalue weighted by molar-refractivity contribution is 7.89. The van der Waals surface area contributed by atoms with Crippen molar-refractivity contribution in [1.82, 2.24) is 26.0 Å². The zero-order valence-corrected chi connectivity index (χ0v) is 27.1. The molecule has 11 nitrogen and oxygen atoms in total. The fourth-order valence-corrected chi connectivity index (χ4v) is 6.24. The van der Waals surface area contributed by atoms with E-state index in [0.29, 0.717) is 25.0 Å². The van der Waals surface area contributed by atoms with Gasteiger partial charge in [0, 0.05) is 6.54 Å². The van der Waals surface area contributed by atoms with Crippen LogP contribution in [-0.4, -0.2) is 65.0 Å². The number of unbranched alkanes of at least 4 members (excludes halogenated alkanes) is 1. The molecule has 44 heavy (non-hydrogen) atoms. The van der Waals surface area contributed by atoms with Gasteiger partial charge in [-0.1, -0.05) is 38.1 Å². The minimum atomic E-state index is -3.71. The molecule has 3 amide bonds. The van der Waals surface area contributed by atoms with Crippen LogP contribution in [0.3, 0.4) is 0 Å². The maximum Gasteiger partial charge on any atom is 0.243 e. The van der Waals surface area contributed by atoms with Crippen molar-refractivity contribution >= 4 is 27.7 Å². The van der Waals surface area contributed by atoms with E-state index in [1.807, 2.05) is 32.0 Å². The van der Waals surface area contributed by atoms with E-state index in [1.165, 1.54) is 24.8 Å². The number of methoxy groups -OCH3 is 1. The van der Waals surface area contributed by atoms with Gasteiger partial charge in [-0.2, -0.15) is 0 Å². The lowest BCUT2D eigenvalue weighted by Gasteiger charge is -2.30. The smallest absolute Gasteiger partial charge is 0.243 e. The number of likely N-dealkylation sites (N-methyl/N-ethyl adjacent to an activating group) is 1. The highest BCUT2D eigenvalue weighted by Crippen LogP contribution is 2.29. The maximum absolute atomic E-state index is 13.6. The van der Waals surface area contributed by atoms with Crippen molar-refractivity contribution in [3.05, 3.63) is 59.7 Å². The van der Waals surface area contributed by atoms with Gasteiger partial charge in [0.2, 0.25) is 27.7 Å². The van der Waals surface area contributed by atoms with Crippen LogP contribution in [0.15, 0.2) is 53.4 Å². The Morgan fingerprint density at radius 2 is 1.64 bits per heavy atom. The minimum Gasteiger partial charge on any atom is -0.497 e. The second kappa shape index (κ2) is 16.6. The zero-order chi connectivity index (χ0) is 32.3. The molecule has 1 aliphatic carbocycles. The van der Waals surface area contributed by atoms with Gasteiger partial charge in [-0.15, -0.1) is 0 Å². The second-order valence-corrected chi connectivity index (χ2v) is 13.3. The first-order valence-electron chi connectivity index (χ1n) is 15.3. The lowest BCUT2D eigenvalue weighted by molar-refractivity contribution is -0.133. The Hall–Kier alpha value is -3.48. The summed E-state index contributed by atoms with van der Waals surface area (Å²) in [4.78, 5) is 39.8. The van der Waals surface area contributed by atoms with E-state index in [9.17, 15) is 22.8 Å². The molecule has 12 heteroatoms. The number of fused-ring (bicyclic) bond motifs is 1. The molecule has 0 aliphatic heterocycles. The Labute approximate surface area is 261 Å². The molecule has 0 heterocycles. The molecule has 5 N–H and O–H groups in total. The Morgan fingerprint density at radius 3 is 2.30 bits per heavy atom. The predicted octanol–water partition coefficient (Wildman–Crippen LogP) is 2.57. The number of carbonyl (C=O) groups is 3. The van der Waals surface area contributed by atoms with Crippen LogP contribution in [0.1, 0.15) is 70.0 Å². The highest BCUT2D eigenvalue weighted by Gasteiger charge is 2.31. The van der Waals surface area contributed by atoms with E-state index >= 15 is 0 Å². The first-order chi connectivity index (χ1) is 21.0. The van der Waals surface area contributed by atoms with Gasteiger partial charge >= 0.3 is 0 Å². The summed E-state index contributed by atoms with van der Waals surface area (Å²) in [6.07, 6.45) is 3.91. The lowest BCUT2D eigenvalue weighted by atomic mass is 9.87. The van der Waals surface area contributed by atoms with Crippen molar-refractivity contribution in [3.8, 4) is 5.75 Å². The molecule has 3 rings (SSSR count). The summed E-state index contributed by atoms with van der Waals surface area (Å²) in [5.74, 6) is -0.727. The van der Waals surface area contributed by atoms with Gasteiger partial charge in [-0.05, 0) is 93.8 Å². The summed E-state index contributed by atoms with van der Waals surface area (Å²) < 4.78 is 33.1. The first-order valence-corrected chi connectivity index (χ1v) is 16.7. The van der Waals surface area contributed by atoms with E-state index in [2.05, 4.69) is 32.1 Å². The molecule has 0 bridgehead atoms. The molecular formula is C32H47N5O6S. The third-order valence-electron chi connectivity index (χ3n) is 7.97. The van der Waals surface area contributed by atoms with Crippen LogP contribution in [0.5, 0.6) is 5.75 Å². The number of hydrogen-bond donors (Lipinski definition) is 5.